The topological polar surface area (TPSA) is 101 Å². The van der Waals surface area contributed by atoms with Crippen LogP contribution in [0.2, 0.25) is 0 Å². The fraction of sp³-hybridized carbons (Fsp3) is 0.636. The zero-order valence-electron chi connectivity index (χ0n) is 10.7. The molecule has 0 atom stereocenters. The van der Waals surface area contributed by atoms with E-state index in [9.17, 15) is 18.3 Å². The van der Waals surface area contributed by atoms with Crippen LogP contribution in [0.1, 0.15) is 32.1 Å². The zero-order valence-corrected chi connectivity index (χ0v) is 11.5. The third-order valence-corrected chi connectivity index (χ3v) is 5.11. The Balaban J connectivity index is 2.32. The molecular formula is C11H17N3O4S. The number of carbonyl (C=O) groups is 1. The van der Waals surface area contributed by atoms with Gasteiger partial charge in [0.15, 0.2) is 5.03 Å². The Bertz CT molecular complexity index is 573. The summed E-state index contributed by atoms with van der Waals surface area (Å²) in [7, 11) is -2.38. The largest absolute Gasteiger partial charge is 0.480 e. The molecule has 0 saturated heterocycles. The number of sulfonamides is 1. The fourth-order valence-electron chi connectivity index (χ4n) is 2.45. The number of carboxylic acids is 1. The number of nitrogens with one attached hydrogen (secondary N) is 1. The molecule has 0 unspecified atom stereocenters. The summed E-state index contributed by atoms with van der Waals surface area (Å²) in [6.07, 6.45) is 4.35. The average molecular weight is 287 g/mol. The van der Waals surface area contributed by atoms with Gasteiger partial charge >= 0.3 is 5.97 Å². The normalized spacial score (nSPS) is 19.2. The van der Waals surface area contributed by atoms with Crippen LogP contribution in [-0.4, -0.2) is 34.8 Å². The van der Waals surface area contributed by atoms with Gasteiger partial charge in [-0.15, -0.1) is 0 Å². The molecule has 1 aromatic heterocycles. The average Bonchev–Trinajstić information content (AvgIpc) is 2.77. The third-order valence-electron chi connectivity index (χ3n) is 3.50. The molecule has 1 saturated carbocycles. The summed E-state index contributed by atoms with van der Waals surface area (Å²) >= 11 is 0. The van der Waals surface area contributed by atoms with E-state index in [0.29, 0.717) is 25.7 Å². The maximum atomic E-state index is 12.3. The number of aromatic nitrogens is 2. The van der Waals surface area contributed by atoms with E-state index >= 15 is 0 Å². The van der Waals surface area contributed by atoms with Crippen LogP contribution in [0.4, 0.5) is 0 Å². The molecule has 8 heteroatoms. The van der Waals surface area contributed by atoms with E-state index in [1.807, 2.05) is 0 Å². The summed E-state index contributed by atoms with van der Waals surface area (Å²) in [6.45, 7) is 0. The molecule has 1 aliphatic carbocycles. The maximum Gasteiger partial charge on any atom is 0.324 e. The molecule has 0 spiro atoms. The molecule has 0 bridgehead atoms. The van der Waals surface area contributed by atoms with Crippen LogP contribution in [0.25, 0.3) is 0 Å². The van der Waals surface area contributed by atoms with E-state index in [0.717, 1.165) is 6.42 Å². The van der Waals surface area contributed by atoms with Gasteiger partial charge in [0.25, 0.3) is 10.0 Å². The molecule has 19 heavy (non-hydrogen) atoms. The second-order valence-electron chi connectivity index (χ2n) is 4.85. The molecule has 0 amide bonds. The second-order valence-corrected chi connectivity index (χ2v) is 6.48. The number of aryl methyl sites for hydroxylation is 1. The number of nitrogens with zero attached hydrogens (tertiary/aromatic N) is 2. The van der Waals surface area contributed by atoms with Gasteiger partial charge in [-0.05, 0) is 18.9 Å². The van der Waals surface area contributed by atoms with Gasteiger partial charge in [0.2, 0.25) is 0 Å². The van der Waals surface area contributed by atoms with Gasteiger partial charge in [0, 0.05) is 7.05 Å². The molecule has 1 aromatic rings. The number of rotatable bonds is 4. The van der Waals surface area contributed by atoms with Crippen LogP contribution in [-0.2, 0) is 21.9 Å². The minimum Gasteiger partial charge on any atom is -0.480 e. The maximum absolute atomic E-state index is 12.3. The lowest BCUT2D eigenvalue weighted by molar-refractivity contribution is -0.145. The van der Waals surface area contributed by atoms with Crippen LogP contribution < -0.4 is 4.72 Å². The van der Waals surface area contributed by atoms with Crippen molar-refractivity contribution in [3.8, 4) is 0 Å². The minimum absolute atomic E-state index is 0.0290. The number of carboxylic acid groups (broad SMARTS) is 1. The molecular weight excluding hydrogens is 270 g/mol. The standard InChI is InChI=1S/C11H17N3O4S/c1-14-9(5-8-12-14)19(17,18)13-11(10(15)16)6-3-2-4-7-11/h5,8,13H,2-4,6-7H2,1H3,(H,15,16). The van der Waals surface area contributed by atoms with Crippen molar-refractivity contribution in [3.63, 3.8) is 0 Å². The van der Waals surface area contributed by atoms with Crippen LogP contribution in [0.3, 0.4) is 0 Å². The van der Waals surface area contributed by atoms with Gasteiger partial charge in [-0.3, -0.25) is 9.48 Å². The lowest BCUT2D eigenvalue weighted by Gasteiger charge is -2.33. The Morgan fingerprint density at radius 1 is 1.42 bits per heavy atom. The molecule has 0 aliphatic heterocycles. The van der Waals surface area contributed by atoms with Crippen LogP contribution in [0.15, 0.2) is 17.3 Å². The molecule has 7 nitrogen and oxygen atoms in total. The van der Waals surface area contributed by atoms with Crippen molar-refractivity contribution >= 4 is 16.0 Å². The Morgan fingerprint density at radius 3 is 2.53 bits per heavy atom. The highest BCUT2D eigenvalue weighted by atomic mass is 32.2. The van der Waals surface area contributed by atoms with Crippen LogP contribution in [0.5, 0.6) is 0 Å². The Labute approximate surface area is 111 Å². The number of hydrogen-bond acceptors (Lipinski definition) is 4. The molecule has 2 rings (SSSR count). The number of aliphatic carboxylic acids is 1. The van der Waals surface area contributed by atoms with E-state index in [-0.39, 0.29) is 5.03 Å². The van der Waals surface area contributed by atoms with Gasteiger partial charge in [-0.1, -0.05) is 19.3 Å². The van der Waals surface area contributed by atoms with E-state index in [2.05, 4.69) is 9.82 Å². The lowest BCUT2D eigenvalue weighted by atomic mass is 9.83. The highest BCUT2D eigenvalue weighted by Crippen LogP contribution is 2.30. The predicted octanol–water partition coefficient (Wildman–Crippen LogP) is 0.486. The summed E-state index contributed by atoms with van der Waals surface area (Å²) in [4.78, 5) is 11.5. The molecule has 0 aromatic carbocycles. The lowest BCUT2D eigenvalue weighted by Crippen LogP contribution is -2.55. The first-order chi connectivity index (χ1) is 8.87. The van der Waals surface area contributed by atoms with Crippen molar-refractivity contribution in [1.82, 2.24) is 14.5 Å². The third kappa shape index (κ3) is 2.64. The quantitative estimate of drug-likeness (QED) is 0.839. The van der Waals surface area contributed by atoms with Crippen molar-refractivity contribution in [2.75, 3.05) is 0 Å². The van der Waals surface area contributed by atoms with Crippen molar-refractivity contribution in [2.45, 2.75) is 42.7 Å². The predicted molar refractivity (Wildman–Crippen MR) is 67.0 cm³/mol. The smallest absolute Gasteiger partial charge is 0.324 e. The molecule has 1 heterocycles. The zero-order chi connectivity index (χ0) is 14.1. The highest BCUT2D eigenvalue weighted by molar-refractivity contribution is 7.89. The SMILES string of the molecule is Cn1nccc1S(=O)(=O)NC1(C(=O)O)CCCCC1. The molecule has 2 N–H and O–H groups in total. The Morgan fingerprint density at radius 2 is 2.05 bits per heavy atom. The minimum atomic E-state index is -3.88. The van der Waals surface area contributed by atoms with Gasteiger partial charge in [-0.25, -0.2) is 8.42 Å². The van der Waals surface area contributed by atoms with Crippen LogP contribution in [0, 0.1) is 0 Å². The van der Waals surface area contributed by atoms with E-state index in [1.54, 1.807) is 0 Å². The first-order valence-electron chi connectivity index (χ1n) is 6.13. The molecule has 1 fully saturated rings. The van der Waals surface area contributed by atoms with Crippen molar-refractivity contribution < 1.29 is 18.3 Å². The van der Waals surface area contributed by atoms with Crippen molar-refractivity contribution in [2.24, 2.45) is 7.05 Å². The Hall–Kier alpha value is -1.41. The number of hydrogen-bond donors (Lipinski definition) is 2. The molecule has 0 radical (unpaired) electrons. The second kappa shape index (κ2) is 4.93. The van der Waals surface area contributed by atoms with Gasteiger partial charge in [0.1, 0.15) is 5.54 Å². The van der Waals surface area contributed by atoms with Crippen molar-refractivity contribution in [3.05, 3.63) is 12.3 Å². The van der Waals surface area contributed by atoms with Gasteiger partial charge in [-0.2, -0.15) is 9.82 Å². The molecule has 1 aliphatic rings. The fourth-order valence-corrected chi connectivity index (χ4v) is 4.00. The Kier molecular flexibility index (Phi) is 3.64. The summed E-state index contributed by atoms with van der Waals surface area (Å²) in [5.41, 5.74) is -1.39. The van der Waals surface area contributed by atoms with E-state index in [4.69, 9.17) is 0 Å². The summed E-state index contributed by atoms with van der Waals surface area (Å²) in [6, 6.07) is 1.35. The van der Waals surface area contributed by atoms with E-state index in [1.165, 1.54) is 24.0 Å². The monoisotopic (exact) mass is 287 g/mol. The first-order valence-corrected chi connectivity index (χ1v) is 7.61. The molecule has 106 valence electrons. The van der Waals surface area contributed by atoms with Gasteiger partial charge < -0.3 is 5.11 Å². The van der Waals surface area contributed by atoms with Crippen molar-refractivity contribution in [1.29, 1.82) is 0 Å². The highest BCUT2D eigenvalue weighted by Gasteiger charge is 2.43. The first kappa shape index (κ1) is 14.0. The van der Waals surface area contributed by atoms with E-state index < -0.39 is 21.5 Å². The summed E-state index contributed by atoms with van der Waals surface area (Å²) in [5, 5.41) is 13.1. The summed E-state index contributed by atoms with van der Waals surface area (Å²) < 4.78 is 28.1. The summed E-state index contributed by atoms with van der Waals surface area (Å²) in [5.74, 6) is -1.11. The van der Waals surface area contributed by atoms with Crippen LogP contribution >= 0.6 is 0 Å². The van der Waals surface area contributed by atoms with Gasteiger partial charge in [0.05, 0.1) is 6.20 Å².